The molecule has 1 atom stereocenters. The molecule has 2 aromatic heterocycles. The quantitative estimate of drug-likeness (QED) is 0.195. The molecule has 11 nitrogen and oxygen atoms in total. The number of carbonyl (C=O) groups is 2. The lowest BCUT2D eigenvalue weighted by Gasteiger charge is -2.27. The van der Waals surface area contributed by atoms with Crippen molar-refractivity contribution in [2.75, 3.05) is 44.6 Å². The van der Waals surface area contributed by atoms with Gasteiger partial charge in [0.2, 0.25) is 11.8 Å². The summed E-state index contributed by atoms with van der Waals surface area (Å²) in [6.07, 6.45) is -3.26. The molecule has 2 aliphatic rings. The van der Waals surface area contributed by atoms with Crippen molar-refractivity contribution in [2.24, 2.45) is 0 Å². The van der Waals surface area contributed by atoms with Crippen molar-refractivity contribution in [3.8, 4) is 28.6 Å². The van der Waals surface area contributed by atoms with E-state index in [0.717, 1.165) is 23.6 Å². The topological polar surface area (TPSA) is 130 Å². The second kappa shape index (κ2) is 15.3. The van der Waals surface area contributed by atoms with E-state index in [1.807, 2.05) is 19.1 Å². The maximum Gasteiger partial charge on any atom is 0.433 e. The molecule has 4 heterocycles. The zero-order valence-electron chi connectivity index (χ0n) is 28.3. The number of nitrogens with zero attached hydrogens (tertiary/aromatic N) is 2. The molecule has 1 fully saturated rings. The number of nitrogens with one attached hydrogen (secondary N) is 2. The average Bonchev–Trinajstić information content (AvgIpc) is 3.08. The molecule has 51 heavy (non-hydrogen) atoms. The number of aromatic nitrogens is 2. The van der Waals surface area contributed by atoms with Crippen LogP contribution in [-0.4, -0.2) is 61.9 Å². The third-order valence-electron chi connectivity index (χ3n) is 8.63. The van der Waals surface area contributed by atoms with Crippen LogP contribution in [-0.2, 0) is 39.9 Å². The summed E-state index contributed by atoms with van der Waals surface area (Å²) in [5, 5.41) is 6.20. The molecule has 14 heteroatoms. The Kier molecular flexibility index (Phi) is 10.6. The zero-order chi connectivity index (χ0) is 36.1. The summed E-state index contributed by atoms with van der Waals surface area (Å²) in [5.41, 5.74) is 3.59. The van der Waals surface area contributed by atoms with Crippen LogP contribution >= 0.6 is 0 Å². The average molecular weight is 707 g/mol. The SMILES string of the molecule is COC(=O)c1cc(NC[C@@H]2CCO2)c(NC(=O)Cc2cc(C)c3cc2OCCCc2nc(C(F)(F)F)ccc2COc2cccc-3n2)c(OC)c1. The Morgan fingerprint density at radius 1 is 1.02 bits per heavy atom. The summed E-state index contributed by atoms with van der Waals surface area (Å²) >= 11 is 0. The van der Waals surface area contributed by atoms with E-state index < -0.39 is 17.8 Å². The summed E-state index contributed by atoms with van der Waals surface area (Å²) in [7, 11) is 2.71. The lowest BCUT2D eigenvalue weighted by molar-refractivity contribution is -0.141. The van der Waals surface area contributed by atoms with Gasteiger partial charge in [-0.25, -0.2) is 14.8 Å². The van der Waals surface area contributed by atoms with Gasteiger partial charge in [0.05, 0.1) is 50.3 Å². The lowest BCUT2D eigenvalue weighted by atomic mass is 9.99. The molecule has 1 amide bonds. The Balaban J connectivity index is 1.29. The molecular weight excluding hydrogens is 669 g/mol. The maximum absolute atomic E-state index is 13.7. The van der Waals surface area contributed by atoms with Gasteiger partial charge in [0.25, 0.3) is 0 Å². The molecular formula is C37H37F3N4O7. The Morgan fingerprint density at radius 2 is 1.84 bits per heavy atom. The number of hydrogen-bond acceptors (Lipinski definition) is 10. The van der Waals surface area contributed by atoms with Gasteiger partial charge in [-0.05, 0) is 62.1 Å². The number of ether oxygens (including phenoxy) is 5. The first kappa shape index (κ1) is 35.5. The molecule has 0 unspecified atom stereocenters. The smallest absolute Gasteiger partial charge is 0.433 e. The van der Waals surface area contributed by atoms with E-state index in [0.29, 0.717) is 59.4 Å². The number of pyridine rings is 2. The lowest BCUT2D eigenvalue weighted by Crippen LogP contribution is -2.33. The minimum atomic E-state index is -4.59. The van der Waals surface area contributed by atoms with Gasteiger partial charge in [-0.3, -0.25) is 4.79 Å². The number of esters is 1. The molecule has 4 bridgehead atoms. The molecule has 6 rings (SSSR count). The minimum Gasteiger partial charge on any atom is -0.494 e. The molecule has 4 aromatic rings. The highest BCUT2D eigenvalue weighted by atomic mass is 19.4. The molecule has 2 aromatic carbocycles. The molecule has 2 aliphatic heterocycles. The zero-order valence-corrected chi connectivity index (χ0v) is 28.3. The number of alkyl halides is 3. The van der Waals surface area contributed by atoms with Crippen LogP contribution in [0.15, 0.2) is 54.6 Å². The van der Waals surface area contributed by atoms with Gasteiger partial charge in [-0.1, -0.05) is 18.2 Å². The predicted molar refractivity (Wildman–Crippen MR) is 181 cm³/mol. The van der Waals surface area contributed by atoms with E-state index >= 15 is 0 Å². The van der Waals surface area contributed by atoms with Gasteiger partial charge in [-0.2, -0.15) is 13.2 Å². The minimum absolute atomic E-state index is 0.00213. The second-order valence-corrected chi connectivity index (χ2v) is 12.2. The molecule has 0 aliphatic carbocycles. The van der Waals surface area contributed by atoms with Gasteiger partial charge in [0.1, 0.15) is 29.5 Å². The number of carbonyl (C=O) groups excluding carboxylic acids is 2. The molecule has 0 radical (unpaired) electrons. The van der Waals surface area contributed by atoms with Gasteiger partial charge in [0, 0.05) is 41.6 Å². The largest absolute Gasteiger partial charge is 0.494 e. The molecule has 1 saturated heterocycles. The highest BCUT2D eigenvalue weighted by Crippen LogP contribution is 2.37. The van der Waals surface area contributed by atoms with Crippen molar-refractivity contribution in [2.45, 2.75) is 51.5 Å². The summed E-state index contributed by atoms with van der Waals surface area (Å²) in [5.74, 6) is 0.00944. The number of aryl methyl sites for hydroxylation is 2. The van der Waals surface area contributed by atoms with E-state index in [1.165, 1.54) is 26.4 Å². The Hall–Kier alpha value is -5.37. The monoisotopic (exact) mass is 706 g/mol. The maximum atomic E-state index is 13.7. The van der Waals surface area contributed by atoms with Crippen LogP contribution in [0.3, 0.4) is 0 Å². The van der Waals surface area contributed by atoms with Gasteiger partial charge < -0.3 is 34.3 Å². The van der Waals surface area contributed by atoms with Crippen LogP contribution in [0.2, 0.25) is 0 Å². The summed E-state index contributed by atoms with van der Waals surface area (Å²) < 4.78 is 68.7. The van der Waals surface area contributed by atoms with Crippen molar-refractivity contribution in [1.82, 2.24) is 9.97 Å². The first-order valence-electron chi connectivity index (χ1n) is 16.4. The fourth-order valence-corrected chi connectivity index (χ4v) is 5.86. The molecule has 0 saturated carbocycles. The van der Waals surface area contributed by atoms with Crippen LogP contribution in [0.25, 0.3) is 11.3 Å². The van der Waals surface area contributed by atoms with Crippen molar-refractivity contribution < 1.29 is 46.4 Å². The third-order valence-corrected chi connectivity index (χ3v) is 8.63. The fourth-order valence-electron chi connectivity index (χ4n) is 5.86. The van der Waals surface area contributed by atoms with E-state index in [9.17, 15) is 22.8 Å². The van der Waals surface area contributed by atoms with Crippen molar-refractivity contribution in [3.05, 3.63) is 88.2 Å². The van der Waals surface area contributed by atoms with Crippen LogP contribution in [0, 0.1) is 6.92 Å². The summed E-state index contributed by atoms with van der Waals surface area (Å²) in [6, 6.07) is 14.3. The van der Waals surface area contributed by atoms with Gasteiger partial charge in [-0.15, -0.1) is 0 Å². The Labute approximate surface area is 292 Å². The normalized spacial score (nSPS) is 15.5. The first-order chi connectivity index (χ1) is 24.5. The van der Waals surface area contributed by atoms with Crippen LogP contribution in [0.1, 0.15) is 51.3 Å². The van der Waals surface area contributed by atoms with Crippen molar-refractivity contribution in [3.63, 3.8) is 0 Å². The number of halogens is 3. The Morgan fingerprint density at radius 3 is 2.57 bits per heavy atom. The van der Waals surface area contributed by atoms with Crippen LogP contribution in [0.5, 0.6) is 17.4 Å². The van der Waals surface area contributed by atoms with Gasteiger partial charge >= 0.3 is 12.1 Å². The van der Waals surface area contributed by atoms with E-state index in [2.05, 4.69) is 20.6 Å². The number of rotatable bonds is 8. The highest BCUT2D eigenvalue weighted by molar-refractivity contribution is 6.00. The van der Waals surface area contributed by atoms with Crippen molar-refractivity contribution >= 4 is 23.3 Å². The van der Waals surface area contributed by atoms with E-state index in [4.69, 9.17) is 23.7 Å². The van der Waals surface area contributed by atoms with Crippen LogP contribution in [0.4, 0.5) is 24.5 Å². The summed E-state index contributed by atoms with van der Waals surface area (Å²) in [4.78, 5) is 34.7. The number of anilines is 2. The number of hydrogen-bond donors (Lipinski definition) is 2. The second-order valence-electron chi connectivity index (χ2n) is 12.2. The Bertz CT molecular complexity index is 1930. The third kappa shape index (κ3) is 8.34. The van der Waals surface area contributed by atoms with Crippen molar-refractivity contribution in [1.29, 1.82) is 0 Å². The standard InChI is InChI=1S/C37H37F3N4O7/c1-21-14-23(17-33(45)44-35-29(41-19-25-11-13-49-25)15-24(36(46)48-3)16-31(35)47-2)30-18-26(21)28-6-4-8-34(43-28)51-20-22-9-10-32(37(38,39)40)42-27(22)7-5-12-50-30/h4,6,8-10,14-16,18,25,41H,5,7,11-13,17,19-20H2,1-3H3,(H,44,45)/t25-/m0/s1. The summed E-state index contributed by atoms with van der Waals surface area (Å²) in [6.45, 7) is 3.16. The van der Waals surface area contributed by atoms with E-state index in [-0.39, 0.29) is 55.1 Å². The number of benzene rings is 2. The number of amides is 1. The van der Waals surface area contributed by atoms with E-state index in [1.54, 1.807) is 24.3 Å². The highest BCUT2D eigenvalue weighted by Gasteiger charge is 2.33. The fraction of sp³-hybridized carbons (Fsp3) is 0.351. The molecule has 268 valence electrons. The molecule has 2 N–H and O–H groups in total. The number of methoxy groups -OCH3 is 2. The first-order valence-corrected chi connectivity index (χ1v) is 16.4. The van der Waals surface area contributed by atoms with Crippen LogP contribution < -0.4 is 24.8 Å². The number of fused-ring (bicyclic) bond motifs is 6. The van der Waals surface area contributed by atoms with Gasteiger partial charge in [0.15, 0.2) is 0 Å². The predicted octanol–water partition coefficient (Wildman–Crippen LogP) is 6.55. The molecule has 0 spiro atoms.